The van der Waals surface area contributed by atoms with Crippen LogP contribution in [0.4, 0.5) is 0 Å². The number of hydrogen-bond donors (Lipinski definition) is 1. The van der Waals surface area contributed by atoms with E-state index < -0.39 is 9.84 Å². The van der Waals surface area contributed by atoms with Gasteiger partial charge in [0.2, 0.25) is 0 Å². The summed E-state index contributed by atoms with van der Waals surface area (Å²) in [5, 5.41) is 4.35. The quantitative estimate of drug-likeness (QED) is 0.759. The van der Waals surface area contributed by atoms with Gasteiger partial charge >= 0.3 is 0 Å². The molecule has 5 nitrogen and oxygen atoms in total. The molecular weight excluding hydrogens is 344 g/mol. The molecule has 5 atom stereocenters. The Kier molecular flexibility index (Phi) is 4.77. The van der Waals surface area contributed by atoms with Crippen LogP contribution in [-0.2, 0) is 14.6 Å². The van der Waals surface area contributed by atoms with Gasteiger partial charge in [-0.3, -0.25) is 0 Å². The summed E-state index contributed by atoms with van der Waals surface area (Å²) < 4.78 is 29.7. The summed E-state index contributed by atoms with van der Waals surface area (Å²) in [7, 11) is -2.91. The molecule has 2 aliphatic carbocycles. The summed E-state index contributed by atoms with van der Waals surface area (Å²) in [6.07, 6.45) is 8.26. The number of rotatable bonds is 4. The van der Waals surface area contributed by atoms with Crippen molar-refractivity contribution in [1.29, 1.82) is 0 Å². The molecule has 1 N–H and O–H groups in total. The van der Waals surface area contributed by atoms with Crippen molar-refractivity contribution >= 4 is 27.2 Å². The van der Waals surface area contributed by atoms with E-state index in [-0.39, 0.29) is 23.7 Å². The minimum absolute atomic E-state index is 0.0118. The van der Waals surface area contributed by atoms with Crippen LogP contribution in [0.5, 0.6) is 0 Å². The van der Waals surface area contributed by atoms with Crippen molar-refractivity contribution in [2.24, 2.45) is 11.8 Å². The Morgan fingerprint density at radius 1 is 1.21 bits per heavy atom. The lowest BCUT2D eigenvalue weighted by atomic mass is 9.95. The van der Waals surface area contributed by atoms with Gasteiger partial charge in [0, 0.05) is 25.2 Å². The Morgan fingerprint density at radius 2 is 2.08 bits per heavy atom. The molecule has 4 fully saturated rings. The maximum absolute atomic E-state index is 11.9. The Morgan fingerprint density at radius 3 is 2.67 bits per heavy atom. The van der Waals surface area contributed by atoms with Crippen LogP contribution in [0.3, 0.4) is 0 Å². The lowest BCUT2D eigenvalue weighted by Crippen LogP contribution is -2.52. The van der Waals surface area contributed by atoms with E-state index in [0.29, 0.717) is 12.5 Å². The second-order valence-electron chi connectivity index (χ2n) is 8.08. The molecule has 136 valence electrons. The number of nitrogens with zero attached hydrogens (tertiary/aromatic N) is 1. The summed E-state index contributed by atoms with van der Waals surface area (Å²) >= 11 is 5.74. The average Bonchev–Trinajstić information content (AvgIpc) is 3.28. The maximum atomic E-state index is 11.9. The summed E-state index contributed by atoms with van der Waals surface area (Å²) in [5.41, 5.74) is 0. The highest BCUT2D eigenvalue weighted by molar-refractivity contribution is 7.91. The van der Waals surface area contributed by atoms with Crippen LogP contribution >= 0.6 is 12.2 Å². The van der Waals surface area contributed by atoms with Crippen molar-refractivity contribution in [2.45, 2.75) is 63.1 Å². The lowest BCUT2D eigenvalue weighted by Gasteiger charge is -2.35. The van der Waals surface area contributed by atoms with Gasteiger partial charge in [-0.1, -0.05) is 6.42 Å². The van der Waals surface area contributed by atoms with Gasteiger partial charge in [0.15, 0.2) is 14.9 Å². The fraction of sp³-hybridized carbons (Fsp3) is 0.941. The molecule has 0 amide bonds. The summed E-state index contributed by atoms with van der Waals surface area (Å²) in [6, 6.07) is 0.499. The third-order valence-electron chi connectivity index (χ3n) is 6.38. The van der Waals surface area contributed by atoms with E-state index in [4.69, 9.17) is 17.0 Å². The standard InChI is InChI=1S/C17H28N2O3S2/c20-24(21)7-5-14(11-24)19(10-15-2-1-6-22-15)17(23)18-16-9-12-3-4-13(16)8-12/h12-16H,1-11H2,(H,18,23)/t12-,13-,14-,15-,16+/m0/s1. The Bertz CT molecular complexity index is 589. The number of sulfone groups is 1. The van der Waals surface area contributed by atoms with E-state index in [1.165, 1.54) is 25.7 Å². The van der Waals surface area contributed by atoms with Crippen molar-refractivity contribution in [1.82, 2.24) is 10.2 Å². The zero-order valence-corrected chi connectivity index (χ0v) is 15.8. The molecule has 0 spiro atoms. The van der Waals surface area contributed by atoms with Gasteiger partial charge in [-0.25, -0.2) is 8.42 Å². The first-order valence-electron chi connectivity index (χ1n) is 9.39. The van der Waals surface area contributed by atoms with E-state index in [0.717, 1.165) is 42.9 Å². The zero-order valence-electron chi connectivity index (χ0n) is 14.2. The van der Waals surface area contributed by atoms with Crippen molar-refractivity contribution in [3.05, 3.63) is 0 Å². The Hall–Kier alpha value is -0.400. The van der Waals surface area contributed by atoms with E-state index in [9.17, 15) is 8.42 Å². The van der Waals surface area contributed by atoms with Gasteiger partial charge in [0.25, 0.3) is 0 Å². The van der Waals surface area contributed by atoms with Gasteiger partial charge in [-0.15, -0.1) is 0 Å². The highest BCUT2D eigenvalue weighted by atomic mass is 32.2. The molecule has 0 aromatic heterocycles. The SMILES string of the molecule is O=S1(=O)CC[C@H](N(C[C@@H]2CCCO2)C(=S)N[C@@H]2C[C@H]3CC[C@H]2C3)C1. The third-order valence-corrected chi connectivity index (χ3v) is 8.48. The van der Waals surface area contributed by atoms with Gasteiger partial charge in [-0.05, 0) is 62.6 Å². The molecule has 0 aromatic rings. The first-order chi connectivity index (χ1) is 11.5. The highest BCUT2D eigenvalue weighted by Crippen LogP contribution is 2.44. The first-order valence-corrected chi connectivity index (χ1v) is 11.6. The molecule has 2 heterocycles. The number of nitrogens with one attached hydrogen (secondary N) is 1. The predicted molar refractivity (Wildman–Crippen MR) is 97.7 cm³/mol. The normalized spacial score (nSPS) is 40.1. The molecular formula is C17H28N2O3S2. The fourth-order valence-electron chi connectivity index (χ4n) is 5.09. The summed E-state index contributed by atoms with van der Waals surface area (Å²) in [6.45, 7) is 1.54. The lowest BCUT2D eigenvalue weighted by molar-refractivity contribution is 0.0838. The minimum Gasteiger partial charge on any atom is -0.376 e. The maximum Gasteiger partial charge on any atom is 0.169 e. The molecule has 0 radical (unpaired) electrons. The summed E-state index contributed by atoms with van der Waals surface area (Å²) in [4.78, 5) is 2.14. The van der Waals surface area contributed by atoms with Crippen LogP contribution < -0.4 is 5.32 Å². The van der Waals surface area contributed by atoms with E-state index in [1.807, 2.05) is 0 Å². The number of hydrogen-bond acceptors (Lipinski definition) is 4. The molecule has 7 heteroatoms. The van der Waals surface area contributed by atoms with Crippen LogP contribution in [0.15, 0.2) is 0 Å². The van der Waals surface area contributed by atoms with Crippen molar-refractivity contribution in [3.8, 4) is 0 Å². The van der Waals surface area contributed by atoms with Crippen LogP contribution in [-0.4, -0.2) is 61.3 Å². The molecule has 2 bridgehead atoms. The first kappa shape index (κ1) is 17.0. The Balaban J connectivity index is 1.43. The highest BCUT2D eigenvalue weighted by Gasteiger charge is 2.41. The predicted octanol–water partition coefficient (Wildman–Crippen LogP) is 1.72. The van der Waals surface area contributed by atoms with Crippen molar-refractivity contribution in [2.75, 3.05) is 24.7 Å². The molecule has 0 aromatic carbocycles. The number of thiocarbonyl (C=S) groups is 1. The second kappa shape index (κ2) is 6.72. The van der Waals surface area contributed by atoms with Crippen molar-refractivity contribution < 1.29 is 13.2 Å². The third kappa shape index (κ3) is 3.58. The van der Waals surface area contributed by atoms with Crippen LogP contribution in [0.25, 0.3) is 0 Å². The molecule has 2 aliphatic heterocycles. The number of ether oxygens (including phenoxy) is 1. The van der Waals surface area contributed by atoms with Gasteiger partial charge < -0.3 is 15.0 Å². The second-order valence-corrected chi connectivity index (χ2v) is 10.7. The molecule has 2 saturated carbocycles. The average molecular weight is 373 g/mol. The van der Waals surface area contributed by atoms with Gasteiger partial charge in [0.1, 0.15) is 0 Å². The van der Waals surface area contributed by atoms with Crippen molar-refractivity contribution in [3.63, 3.8) is 0 Å². The van der Waals surface area contributed by atoms with E-state index in [1.54, 1.807) is 0 Å². The topological polar surface area (TPSA) is 58.6 Å². The largest absolute Gasteiger partial charge is 0.376 e. The fourth-order valence-corrected chi connectivity index (χ4v) is 7.20. The monoisotopic (exact) mass is 372 g/mol. The molecule has 24 heavy (non-hydrogen) atoms. The van der Waals surface area contributed by atoms with Gasteiger partial charge in [-0.2, -0.15) is 0 Å². The molecule has 4 rings (SSSR count). The Labute approximate surface area is 150 Å². The summed E-state index contributed by atoms with van der Waals surface area (Å²) in [5.74, 6) is 2.15. The molecule has 0 unspecified atom stereocenters. The smallest absolute Gasteiger partial charge is 0.169 e. The van der Waals surface area contributed by atoms with Crippen LogP contribution in [0.2, 0.25) is 0 Å². The molecule has 2 saturated heterocycles. The van der Waals surface area contributed by atoms with Gasteiger partial charge in [0.05, 0.1) is 17.6 Å². The number of fused-ring (bicyclic) bond motifs is 2. The van der Waals surface area contributed by atoms with Crippen LogP contribution in [0, 0.1) is 11.8 Å². The van der Waals surface area contributed by atoms with E-state index in [2.05, 4.69) is 10.2 Å². The van der Waals surface area contributed by atoms with Crippen LogP contribution in [0.1, 0.15) is 44.9 Å². The minimum atomic E-state index is -2.91. The van der Waals surface area contributed by atoms with E-state index >= 15 is 0 Å². The molecule has 4 aliphatic rings. The zero-order chi connectivity index (χ0) is 16.7.